The van der Waals surface area contributed by atoms with Crippen molar-refractivity contribution < 1.29 is 14.4 Å². The van der Waals surface area contributed by atoms with E-state index in [4.69, 9.17) is 0 Å². The standard InChI is InChI=1S/C17H16N7O4P/c1-3-14-19-9(2)7-23(14)12-5-13-11(4-10(12)6-18)20-17(25)16-22-21-15(24(13)16)8-29(26,27)28/h4-5,7H,3,8H2,1-2H3,(H,20,25)(H2,26,27,28). The molecule has 3 heterocycles. The molecule has 1 aromatic carbocycles. The number of aromatic nitrogens is 6. The molecule has 3 N–H and O–H groups in total. The number of hydrogen-bond acceptors (Lipinski definition) is 6. The molecule has 148 valence electrons. The van der Waals surface area contributed by atoms with Crippen LogP contribution in [0.1, 0.15) is 29.8 Å². The smallest absolute Gasteiger partial charge is 0.324 e. The van der Waals surface area contributed by atoms with E-state index in [1.165, 1.54) is 10.5 Å². The molecule has 12 heteroatoms. The highest BCUT2D eigenvalue weighted by Gasteiger charge is 2.22. The van der Waals surface area contributed by atoms with E-state index < -0.39 is 19.3 Å². The molecule has 0 amide bonds. The largest absolute Gasteiger partial charge is 0.333 e. The zero-order chi connectivity index (χ0) is 20.9. The van der Waals surface area contributed by atoms with E-state index in [0.29, 0.717) is 28.7 Å². The average Bonchev–Trinajstić information content (AvgIpc) is 3.23. The second-order valence-electron chi connectivity index (χ2n) is 6.57. The van der Waals surface area contributed by atoms with E-state index in [9.17, 15) is 24.4 Å². The van der Waals surface area contributed by atoms with Gasteiger partial charge in [0.15, 0.2) is 0 Å². The molecule has 0 unspecified atom stereocenters. The normalized spacial score (nSPS) is 12.0. The number of aromatic amines is 1. The van der Waals surface area contributed by atoms with Crippen molar-refractivity contribution in [2.45, 2.75) is 26.4 Å². The summed E-state index contributed by atoms with van der Waals surface area (Å²) >= 11 is 0. The SMILES string of the molecule is CCc1nc(C)cn1-c1cc2c(cc1C#N)[nH]c(=O)c1nnc(CP(=O)(O)O)n12. The highest BCUT2D eigenvalue weighted by atomic mass is 31.2. The molecule has 0 bridgehead atoms. The van der Waals surface area contributed by atoms with Gasteiger partial charge in [-0.25, -0.2) is 4.98 Å². The maximum atomic E-state index is 12.4. The monoisotopic (exact) mass is 413 g/mol. The molecule has 0 saturated heterocycles. The fraction of sp³-hybridized carbons (Fsp3) is 0.235. The third-order valence-electron chi connectivity index (χ3n) is 4.48. The Morgan fingerprint density at radius 3 is 2.69 bits per heavy atom. The van der Waals surface area contributed by atoms with Crippen molar-refractivity contribution in [3.63, 3.8) is 0 Å². The molecule has 4 aromatic rings. The third kappa shape index (κ3) is 3.23. The second kappa shape index (κ2) is 6.63. The Kier molecular flexibility index (Phi) is 4.35. The summed E-state index contributed by atoms with van der Waals surface area (Å²) < 4.78 is 14.6. The third-order valence-corrected chi connectivity index (χ3v) is 5.17. The predicted molar refractivity (Wildman–Crippen MR) is 103 cm³/mol. The summed E-state index contributed by atoms with van der Waals surface area (Å²) in [6, 6.07) is 5.30. The number of nitriles is 1. The van der Waals surface area contributed by atoms with Gasteiger partial charge in [-0.2, -0.15) is 5.26 Å². The molecule has 0 aliphatic heterocycles. The summed E-state index contributed by atoms with van der Waals surface area (Å²) in [6.45, 7) is 3.79. The Balaban J connectivity index is 2.12. The first-order valence-electron chi connectivity index (χ1n) is 8.65. The molecule has 0 aliphatic carbocycles. The molecular formula is C17H16N7O4P. The van der Waals surface area contributed by atoms with Gasteiger partial charge < -0.3 is 19.3 Å². The van der Waals surface area contributed by atoms with Crippen molar-refractivity contribution in [3.8, 4) is 11.8 Å². The Hall–Kier alpha value is -3.32. The maximum Gasteiger partial charge on any atom is 0.333 e. The number of nitrogens with zero attached hydrogens (tertiary/aromatic N) is 6. The first-order valence-corrected chi connectivity index (χ1v) is 10.5. The van der Waals surface area contributed by atoms with Gasteiger partial charge in [0.05, 0.1) is 28.0 Å². The Morgan fingerprint density at radius 1 is 1.28 bits per heavy atom. The van der Waals surface area contributed by atoms with E-state index in [1.54, 1.807) is 16.8 Å². The van der Waals surface area contributed by atoms with Crippen LogP contribution in [0, 0.1) is 18.3 Å². The van der Waals surface area contributed by atoms with E-state index in [-0.39, 0.29) is 11.5 Å². The molecule has 3 aromatic heterocycles. The van der Waals surface area contributed by atoms with Gasteiger partial charge in [-0.05, 0) is 19.1 Å². The van der Waals surface area contributed by atoms with Gasteiger partial charge in [0.25, 0.3) is 5.56 Å². The predicted octanol–water partition coefficient (Wildman–Crippen LogP) is 1.18. The fourth-order valence-corrected chi connectivity index (χ4v) is 3.91. The Morgan fingerprint density at radius 2 is 2.03 bits per heavy atom. The van der Waals surface area contributed by atoms with Crippen molar-refractivity contribution >= 4 is 24.3 Å². The van der Waals surface area contributed by atoms with Crippen LogP contribution < -0.4 is 5.56 Å². The molecule has 0 fully saturated rings. The van der Waals surface area contributed by atoms with Crippen molar-refractivity contribution in [1.82, 2.24) is 29.1 Å². The van der Waals surface area contributed by atoms with Crippen LogP contribution in [0.5, 0.6) is 0 Å². The van der Waals surface area contributed by atoms with Gasteiger partial charge >= 0.3 is 7.60 Å². The summed E-state index contributed by atoms with van der Waals surface area (Å²) in [5.74, 6) is 0.704. The number of nitrogens with one attached hydrogen (secondary N) is 1. The topological polar surface area (TPSA) is 162 Å². The number of fused-ring (bicyclic) bond motifs is 3. The minimum Gasteiger partial charge on any atom is -0.324 e. The van der Waals surface area contributed by atoms with Crippen LogP contribution >= 0.6 is 7.60 Å². The van der Waals surface area contributed by atoms with Crippen LogP contribution in [0.25, 0.3) is 22.4 Å². The van der Waals surface area contributed by atoms with Gasteiger partial charge in [0, 0.05) is 12.6 Å². The van der Waals surface area contributed by atoms with Gasteiger partial charge in [-0.3, -0.25) is 13.8 Å². The van der Waals surface area contributed by atoms with Crippen LogP contribution in [0.2, 0.25) is 0 Å². The summed E-state index contributed by atoms with van der Waals surface area (Å²) in [5.41, 5.74) is 1.69. The summed E-state index contributed by atoms with van der Waals surface area (Å²) in [7, 11) is -4.45. The van der Waals surface area contributed by atoms with Crippen LogP contribution in [0.3, 0.4) is 0 Å². The minimum atomic E-state index is -4.45. The van der Waals surface area contributed by atoms with Crippen LogP contribution in [0.15, 0.2) is 23.1 Å². The van der Waals surface area contributed by atoms with Crippen LogP contribution in [-0.4, -0.2) is 38.9 Å². The van der Waals surface area contributed by atoms with E-state index in [0.717, 1.165) is 11.5 Å². The maximum absolute atomic E-state index is 12.4. The minimum absolute atomic E-state index is 0.0439. The van der Waals surface area contributed by atoms with Crippen molar-refractivity contribution in [1.29, 1.82) is 5.26 Å². The Labute approximate surface area is 163 Å². The highest BCUT2D eigenvalue weighted by Crippen LogP contribution is 2.38. The molecule has 0 atom stereocenters. The highest BCUT2D eigenvalue weighted by molar-refractivity contribution is 7.50. The van der Waals surface area contributed by atoms with Gasteiger partial charge in [-0.15, -0.1) is 10.2 Å². The number of rotatable bonds is 4. The number of H-pyrrole nitrogens is 1. The van der Waals surface area contributed by atoms with E-state index >= 15 is 0 Å². The lowest BCUT2D eigenvalue weighted by atomic mass is 10.1. The van der Waals surface area contributed by atoms with Crippen molar-refractivity contribution in [3.05, 3.63) is 51.6 Å². The summed E-state index contributed by atoms with van der Waals surface area (Å²) in [5, 5.41) is 17.2. The lowest BCUT2D eigenvalue weighted by Gasteiger charge is -2.12. The van der Waals surface area contributed by atoms with Crippen molar-refractivity contribution in [2.24, 2.45) is 0 Å². The molecular weight excluding hydrogens is 397 g/mol. The lowest BCUT2D eigenvalue weighted by Crippen LogP contribution is -2.13. The number of hydrogen-bond donors (Lipinski definition) is 3. The summed E-state index contributed by atoms with van der Waals surface area (Å²) in [6.07, 6.45) is 1.76. The molecule has 0 saturated carbocycles. The first kappa shape index (κ1) is 19.0. The van der Waals surface area contributed by atoms with Gasteiger partial charge in [-0.1, -0.05) is 6.92 Å². The number of benzene rings is 1. The van der Waals surface area contributed by atoms with Gasteiger partial charge in [0.2, 0.25) is 5.65 Å². The van der Waals surface area contributed by atoms with Gasteiger partial charge in [0.1, 0.15) is 23.9 Å². The molecule has 0 spiro atoms. The number of imidazole rings is 1. The molecule has 11 nitrogen and oxygen atoms in total. The zero-order valence-electron chi connectivity index (χ0n) is 15.5. The lowest BCUT2D eigenvalue weighted by molar-refractivity contribution is 0.370. The molecule has 0 aliphatic rings. The molecule has 29 heavy (non-hydrogen) atoms. The average molecular weight is 413 g/mol. The van der Waals surface area contributed by atoms with E-state index in [1.807, 2.05) is 13.8 Å². The van der Waals surface area contributed by atoms with Crippen LogP contribution in [0.4, 0.5) is 0 Å². The molecule has 4 rings (SSSR count). The number of aryl methyl sites for hydroxylation is 2. The summed E-state index contributed by atoms with van der Waals surface area (Å²) in [4.78, 5) is 38.2. The van der Waals surface area contributed by atoms with Crippen LogP contribution in [-0.2, 0) is 17.1 Å². The second-order valence-corrected chi connectivity index (χ2v) is 8.22. The quantitative estimate of drug-likeness (QED) is 0.420. The zero-order valence-corrected chi connectivity index (χ0v) is 16.4. The fourth-order valence-electron chi connectivity index (χ4n) is 3.34. The first-order chi connectivity index (χ1) is 13.7. The molecule has 0 radical (unpaired) electrons. The van der Waals surface area contributed by atoms with E-state index in [2.05, 4.69) is 26.2 Å². The Bertz CT molecular complexity index is 1420. The van der Waals surface area contributed by atoms with Crippen molar-refractivity contribution in [2.75, 3.05) is 0 Å².